The lowest BCUT2D eigenvalue weighted by atomic mass is 10.1. The zero-order valence-corrected chi connectivity index (χ0v) is 16.0. The normalized spacial score (nSPS) is 17.7. The summed E-state index contributed by atoms with van der Waals surface area (Å²) < 4.78 is 31.5. The first kappa shape index (κ1) is 21.2. The van der Waals surface area contributed by atoms with Gasteiger partial charge in [0.1, 0.15) is 6.10 Å². The average Bonchev–Trinajstić information content (AvgIpc) is 2.45. The fourth-order valence-electron chi connectivity index (χ4n) is 2.63. The van der Waals surface area contributed by atoms with Crippen LogP contribution in [0.15, 0.2) is 0 Å². The minimum atomic E-state index is -3.21. The summed E-state index contributed by atoms with van der Waals surface area (Å²) in [6.07, 6.45) is 3.92. The number of nitrogens with one attached hydrogen (secondary N) is 1. The van der Waals surface area contributed by atoms with Crippen LogP contribution in [0.3, 0.4) is 0 Å². The number of ether oxygens (including phenoxy) is 1. The Morgan fingerprint density at radius 2 is 1.75 bits per heavy atom. The smallest absolute Gasteiger partial charge is 0.407 e. The van der Waals surface area contributed by atoms with Crippen LogP contribution in [-0.4, -0.2) is 55.8 Å². The molecule has 0 aromatic heterocycles. The molecule has 3 N–H and O–H groups in total. The Morgan fingerprint density at radius 1 is 1.17 bits per heavy atom. The van der Waals surface area contributed by atoms with Gasteiger partial charge in [-0.3, -0.25) is 0 Å². The quantitative estimate of drug-likeness (QED) is 0.641. The second-order valence-corrected chi connectivity index (χ2v) is 9.49. The number of alkyl carbamates (subject to hydrolysis) is 1. The Morgan fingerprint density at radius 3 is 2.29 bits per heavy atom. The maximum absolute atomic E-state index is 12.3. The molecule has 0 bridgehead atoms. The molecule has 142 valence electrons. The Labute approximate surface area is 146 Å². The molecule has 7 nitrogen and oxygen atoms in total. The maximum Gasteiger partial charge on any atom is 0.407 e. The van der Waals surface area contributed by atoms with Crippen molar-refractivity contribution in [3.63, 3.8) is 0 Å². The third kappa shape index (κ3) is 8.30. The van der Waals surface area contributed by atoms with Crippen LogP contribution in [0.25, 0.3) is 0 Å². The van der Waals surface area contributed by atoms with E-state index in [1.165, 1.54) is 4.31 Å². The number of carbonyl (C=O) groups is 1. The van der Waals surface area contributed by atoms with Gasteiger partial charge in [-0.05, 0) is 53.0 Å². The highest BCUT2D eigenvalue weighted by Gasteiger charge is 2.29. The van der Waals surface area contributed by atoms with Crippen molar-refractivity contribution in [2.24, 2.45) is 5.73 Å². The maximum atomic E-state index is 12.3. The molecule has 0 radical (unpaired) electrons. The average molecular weight is 364 g/mol. The molecule has 1 aliphatic rings. The van der Waals surface area contributed by atoms with Crippen molar-refractivity contribution in [3.8, 4) is 0 Å². The second-order valence-electron chi connectivity index (χ2n) is 7.40. The minimum Gasteiger partial charge on any atom is -0.446 e. The van der Waals surface area contributed by atoms with Crippen LogP contribution in [0.5, 0.6) is 0 Å². The van der Waals surface area contributed by atoms with Crippen LogP contribution in [0.2, 0.25) is 0 Å². The highest BCUT2D eigenvalue weighted by atomic mass is 32.2. The molecule has 1 rings (SSSR count). The predicted octanol–water partition coefficient (Wildman–Crippen LogP) is 1.82. The molecule has 8 heteroatoms. The van der Waals surface area contributed by atoms with Crippen LogP contribution >= 0.6 is 0 Å². The molecule has 0 aromatic carbocycles. The zero-order valence-electron chi connectivity index (χ0n) is 15.2. The van der Waals surface area contributed by atoms with Gasteiger partial charge in [0.05, 0.1) is 5.75 Å². The molecule has 1 amide bonds. The fraction of sp³-hybridized carbons (Fsp3) is 0.938. The van der Waals surface area contributed by atoms with Crippen molar-refractivity contribution in [1.82, 2.24) is 9.62 Å². The summed E-state index contributed by atoms with van der Waals surface area (Å²) in [5, 5.41) is 2.75. The monoisotopic (exact) mass is 363 g/mol. The summed E-state index contributed by atoms with van der Waals surface area (Å²) in [5.74, 6) is 0.188. The standard InChI is InChI=1S/C16H33N3O4S/c1-16(2,3)18-15(20)23-14-8-11-19(12-9-14)24(21,22)13-7-5-4-6-10-17/h14H,4-13,17H2,1-3H3,(H,18,20). The first-order valence-corrected chi connectivity index (χ1v) is 10.4. The van der Waals surface area contributed by atoms with Gasteiger partial charge in [-0.15, -0.1) is 0 Å². The van der Waals surface area contributed by atoms with Crippen LogP contribution in [0, 0.1) is 0 Å². The van der Waals surface area contributed by atoms with E-state index in [1.54, 1.807) is 0 Å². The number of sulfonamides is 1. The van der Waals surface area contributed by atoms with Gasteiger partial charge in [-0.25, -0.2) is 17.5 Å². The zero-order chi connectivity index (χ0) is 18.2. The Balaban J connectivity index is 2.32. The molecule has 0 saturated carbocycles. The van der Waals surface area contributed by atoms with E-state index >= 15 is 0 Å². The largest absolute Gasteiger partial charge is 0.446 e. The molecule has 24 heavy (non-hydrogen) atoms. The number of unbranched alkanes of at least 4 members (excludes halogenated alkanes) is 3. The lowest BCUT2D eigenvalue weighted by Crippen LogP contribution is -2.46. The van der Waals surface area contributed by atoms with Gasteiger partial charge in [0, 0.05) is 18.6 Å². The number of amides is 1. The van der Waals surface area contributed by atoms with Crippen molar-refractivity contribution in [2.75, 3.05) is 25.4 Å². The van der Waals surface area contributed by atoms with Crippen LogP contribution in [-0.2, 0) is 14.8 Å². The van der Waals surface area contributed by atoms with E-state index in [0.29, 0.717) is 38.9 Å². The summed E-state index contributed by atoms with van der Waals surface area (Å²) in [4.78, 5) is 11.8. The third-order valence-corrected chi connectivity index (χ3v) is 5.86. The molecule has 0 aromatic rings. The molecule has 1 heterocycles. The van der Waals surface area contributed by atoms with E-state index < -0.39 is 16.1 Å². The number of carbonyl (C=O) groups excluding carboxylic acids is 1. The summed E-state index contributed by atoms with van der Waals surface area (Å²) >= 11 is 0. The molecular formula is C16H33N3O4S. The van der Waals surface area contributed by atoms with Gasteiger partial charge < -0.3 is 15.8 Å². The van der Waals surface area contributed by atoms with Crippen LogP contribution in [0.4, 0.5) is 4.79 Å². The van der Waals surface area contributed by atoms with Crippen molar-refractivity contribution >= 4 is 16.1 Å². The second kappa shape index (κ2) is 9.58. The minimum absolute atomic E-state index is 0.188. The van der Waals surface area contributed by atoms with Gasteiger partial charge >= 0.3 is 6.09 Å². The summed E-state index contributed by atoms with van der Waals surface area (Å²) in [7, 11) is -3.21. The SMILES string of the molecule is CC(C)(C)NC(=O)OC1CCN(S(=O)(=O)CCCCCCN)CC1. The summed E-state index contributed by atoms with van der Waals surface area (Å²) in [6.45, 7) is 7.14. The van der Waals surface area contributed by atoms with Crippen molar-refractivity contribution in [1.29, 1.82) is 0 Å². The Hall–Kier alpha value is -0.860. The van der Waals surface area contributed by atoms with Gasteiger partial charge in [0.25, 0.3) is 0 Å². The van der Waals surface area contributed by atoms with E-state index in [2.05, 4.69) is 5.32 Å². The number of hydrogen-bond donors (Lipinski definition) is 2. The van der Waals surface area contributed by atoms with E-state index in [-0.39, 0.29) is 17.4 Å². The molecular weight excluding hydrogens is 330 g/mol. The third-order valence-electron chi connectivity index (χ3n) is 3.90. The van der Waals surface area contributed by atoms with Gasteiger partial charge in [-0.1, -0.05) is 12.8 Å². The molecule has 1 saturated heterocycles. The molecule has 1 fully saturated rings. The Bertz CT molecular complexity index is 480. The fourth-order valence-corrected chi connectivity index (χ4v) is 4.22. The highest BCUT2D eigenvalue weighted by molar-refractivity contribution is 7.89. The van der Waals surface area contributed by atoms with Crippen LogP contribution < -0.4 is 11.1 Å². The lowest BCUT2D eigenvalue weighted by molar-refractivity contribution is 0.0627. The molecule has 0 unspecified atom stereocenters. The van der Waals surface area contributed by atoms with Crippen molar-refractivity contribution in [3.05, 3.63) is 0 Å². The topological polar surface area (TPSA) is 102 Å². The first-order chi connectivity index (χ1) is 11.1. The van der Waals surface area contributed by atoms with Gasteiger partial charge in [-0.2, -0.15) is 0 Å². The van der Waals surface area contributed by atoms with E-state index in [4.69, 9.17) is 10.5 Å². The van der Waals surface area contributed by atoms with Crippen molar-refractivity contribution < 1.29 is 17.9 Å². The first-order valence-electron chi connectivity index (χ1n) is 8.81. The molecule has 1 aliphatic heterocycles. The van der Waals surface area contributed by atoms with Crippen molar-refractivity contribution in [2.45, 2.75) is 70.9 Å². The highest BCUT2D eigenvalue weighted by Crippen LogP contribution is 2.18. The number of nitrogens with zero attached hydrogens (tertiary/aromatic N) is 1. The number of hydrogen-bond acceptors (Lipinski definition) is 5. The van der Waals surface area contributed by atoms with Gasteiger partial charge in [0.15, 0.2) is 0 Å². The Kier molecular flexibility index (Phi) is 8.45. The van der Waals surface area contributed by atoms with E-state index in [9.17, 15) is 13.2 Å². The number of rotatable bonds is 8. The lowest BCUT2D eigenvalue weighted by Gasteiger charge is -2.31. The molecule has 0 atom stereocenters. The van der Waals surface area contributed by atoms with E-state index in [1.807, 2.05) is 20.8 Å². The predicted molar refractivity (Wildman–Crippen MR) is 95.3 cm³/mol. The van der Waals surface area contributed by atoms with Crippen LogP contribution in [0.1, 0.15) is 59.3 Å². The number of piperidine rings is 1. The van der Waals surface area contributed by atoms with E-state index in [0.717, 1.165) is 19.3 Å². The van der Waals surface area contributed by atoms with Gasteiger partial charge in [0.2, 0.25) is 10.0 Å². The molecule has 0 spiro atoms. The summed E-state index contributed by atoms with van der Waals surface area (Å²) in [6, 6.07) is 0. The summed E-state index contributed by atoms with van der Waals surface area (Å²) in [5.41, 5.74) is 5.09. The molecule has 0 aliphatic carbocycles. The number of nitrogens with two attached hydrogens (primary N) is 1.